The number of hydrogen-bond donors (Lipinski definition) is 1. The lowest BCUT2D eigenvalue weighted by atomic mass is 10.0. The minimum Gasteiger partial charge on any atom is -0.357 e. The number of nitrogens with one attached hydrogen (secondary N) is 1. The standard InChI is InChI=1S/C21H22FN3O/c1-24-9-10-25(20(14-24)15-5-3-2-4-6-15)13-17-12-21(26)18-11-16(22)7-8-19(18)23-17/h2-8,11-12,20H,9-10,13-14H2,1H3,(H,23,26)/t20-/m1/s1. The summed E-state index contributed by atoms with van der Waals surface area (Å²) in [6.07, 6.45) is 0. The summed E-state index contributed by atoms with van der Waals surface area (Å²) in [6.45, 7) is 3.54. The predicted molar refractivity (Wildman–Crippen MR) is 102 cm³/mol. The van der Waals surface area contributed by atoms with Crippen LogP contribution in [0.5, 0.6) is 0 Å². The van der Waals surface area contributed by atoms with E-state index in [9.17, 15) is 9.18 Å². The highest BCUT2D eigenvalue weighted by Gasteiger charge is 2.26. The maximum Gasteiger partial charge on any atom is 0.189 e. The van der Waals surface area contributed by atoms with Crippen LogP contribution in [-0.4, -0.2) is 41.5 Å². The Hall–Kier alpha value is -2.50. The Bertz CT molecular complexity index is 970. The fraction of sp³-hybridized carbons (Fsp3) is 0.286. The highest BCUT2D eigenvalue weighted by molar-refractivity contribution is 5.78. The molecule has 5 heteroatoms. The van der Waals surface area contributed by atoms with Gasteiger partial charge in [-0.25, -0.2) is 4.39 Å². The molecular weight excluding hydrogens is 329 g/mol. The lowest BCUT2D eigenvalue weighted by Gasteiger charge is -2.40. The van der Waals surface area contributed by atoms with Crippen molar-refractivity contribution in [2.75, 3.05) is 26.7 Å². The zero-order valence-corrected chi connectivity index (χ0v) is 14.8. The second-order valence-electron chi connectivity index (χ2n) is 7.01. The monoisotopic (exact) mass is 351 g/mol. The highest BCUT2D eigenvalue weighted by Crippen LogP contribution is 2.26. The molecule has 1 aromatic heterocycles. The molecule has 0 saturated carbocycles. The lowest BCUT2D eigenvalue weighted by molar-refractivity contribution is 0.0823. The van der Waals surface area contributed by atoms with Crippen molar-refractivity contribution >= 4 is 10.9 Å². The number of hydrogen-bond acceptors (Lipinski definition) is 3. The minimum absolute atomic E-state index is 0.140. The average molecular weight is 351 g/mol. The Morgan fingerprint density at radius 2 is 1.92 bits per heavy atom. The molecule has 0 bridgehead atoms. The van der Waals surface area contributed by atoms with Gasteiger partial charge >= 0.3 is 0 Å². The van der Waals surface area contributed by atoms with Gasteiger partial charge in [0.25, 0.3) is 0 Å². The third kappa shape index (κ3) is 3.41. The van der Waals surface area contributed by atoms with Crippen LogP contribution < -0.4 is 5.43 Å². The molecule has 4 rings (SSSR count). The van der Waals surface area contributed by atoms with Crippen LogP contribution >= 0.6 is 0 Å². The van der Waals surface area contributed by atoms with Crippen molar-refractivity contribution in [1.29, 1.82) is 0 Å². The molecule has 0 aliphatic carbocycles. The van der Waals surface area contributed by atoms with Gasteiger partial charge in [-0.05, 0) is 30.8 Å². The lowest BCUT2D eigenvalue weighted by Crippen LogP contribution is -2.46. The Kier molecular flexibility index (Phi) is 4.57. The third-order valence-electron chi connectivity index (χ3n) is 5.10. The number of aromatic amines is 1. The number of rotatable bonds is 3. The van der Waals surface area contributed by atoms with Crippen molar-refractivity contribution in [2.45, 2.75) is 12.6 Å². The maximum absolute atomic E-state index is 13.4. The van der Waals surface area contributed by atoms with E-state index in [1.165, 1.54) is 17.7 Å². The summed E-state index contributed by atoms with van der Waals surface area (Å²) in [5.41, 5.74) is 2.68. The van der Waals surface area contributed by atoms with Crippen LogP contribution in [0.15, 0.2) is 59.4 Å². The number of H-pyrrole nitrogens is 1. The first kappa shape index (κ1) is 16.9. The molecule has 0 amide bonds. The summed E-state index contributed by atoms with van der Waals surface area (Å²) >= 11 is 0. The Balaban J connectivity index is 1.65. The molecule has 1 saturated heterocycles. The quantitative estimate of drug-likeness (QED) is 0.788. The number of pyridine rings is 1. The van der Waals surface area contributed by atoms with E-state index >= 15 is 0 Å². The summed E-state index contributed by atoms with van der Waals surface area (Å²) in [4.78, 5) is 20.4. The molecule has 1 N–H and O–H groups in total. The molecular formula is C21H22FN3O. The van der Waals surface area contributed by atoms with Gasteiger partial charge in [-0.15, -0.1) is 0 Å². The minimum atomic E-state index is -0.390. The van der Waals surface area contributed by atoms with E-state index in [0.717, 1.165) is 25.3 Å². The van der Waals surface area contributed by atoms with E-state index in [1.54, 1.807) is 12.1 Å². The van der Waals surface area contributed by atoms with Crippen LogP contribution in [0, 0.1) is 5.82 Å². The number of nitrogens with zero attached hydrogens (tertiary/aromatic N) is 2. The molecule has 1 atom stereocenters. The summed E-state index contributed by atoms with van der Waals surface area (Å²) in [5.74, 6) is -0.390. The molecule has 0 radical (unpaired) electrons. The molecule has 2 aromatic carbocycles. The number of piperazine rings is 1. The molecule has 1 fully saturated rings. The van der Waals surface area contributed by atoms with E-state index < -0.39 is 0 Å². The normalized spacial score (nSPS) is 19.1. The van der Waals surface area contributed by atoms with Gasteiger partial charge in [0.05, 0.1) is 0 Å². The number of aromatic nitrogens is 1. The van der Waals surface area contributed by atoms with Gasteiger partial charge in [0.2, 0.25) is 0 Å². The smallest absolute Gasteiger partial charge is 0.189 e. The van der Waals surface area contributed by atoms with Crippen molar-refractivity contribution < 1.29 is 4.39 Å². The van der Waals surface area contributed by atoms with Crippen molar-refractivity contribution in [2.24, 2.45) is 0 Å². The zero-order chi connectivity index (χ0) is 18.1. The van der Waals surface area contributed by atoms with E-state index in [2.05, 4.69) is 46.1 Å². The van der Waals surface area contributed by atoms with Gasteiger partial charge in [-0.2, -0.15) is 0 Å². The Morgan fingerprint density at radius 3 is 2.73 bits per heavy atom. The number of benzene rings is 2. The van der Waals surface area contributed by atoms with Crippen molar-refractivity contribution in [1.82, 2.24) is 14.8 Å². The van der Waals surface area contributed by atoms with Crippen LogP contribution in [0.4, 0.5) is 4.39 Å². The summed E-state index contributed by atoms with van der Waals surface area (Å²) in [5, 5.41) is 0.395. The molecule has 1 aliphatic heterocycles. The van der Waals surface area contributed by atoms with Gasteiger partial charge in [-0.3, -0.25) is 9.69 Å². The molecule has 134 valence electrons. The summed E-state index contributed by atoms with van der Waals surface area (Å²) in [7, 11) is 2.14. The first-order chi connectivity index (χ1) is 12.6. The van der Waals surface area contributed by atoms with E-state index in [1.807, 2.05) is 6.07 Å². The fourth-order valence-corrected chi connectivity index (χ4v) is 3.72. The first-order valence-electron chi connectivity index (χ1n) is 8.89. The predicted octanol–water partition coefficient (Wildman–Crippen LogP) is 3.16. The number of likely N-dealkylation sites (N-methyl/N-ethyl adjacent to an activating group) is 1. The fourth-order valence-electron chi connectivity index (χ4n) is 3.72. The van der Waals surface area contributed by atoms with E-state index in [4.69, 9.17) is 0 Å². The molecule has 0 spiro atoms. The molecule has 1 aliphatic rings. The second-order valence-corrected chi connectivity index (χ2v) is 7.01. The molecule has 2 heterocycles. The van der Waals surface area contributed by atoms with Crippen molar-refractivity contribution in [3.05, 3.63) is 81.9 Å². The highest BCUT2D eigenvalue weighted by atomic mass is 19.1. The van der Waals surface area contributed by atoms with Gasteiger partial charge in [-0.1, -0.05) is 30.3 Å². The number of fused-ring (bicyclic) bond motifs is 1. The largest absolute Gasteiger partial charge is 0.357 e. The first-order valence-corrected chi connectivity index (χ1v) is 8.89. The van der Waals surface area contributed by atoms with E-state index in [-0.39, 0.29) is 17.3 Å². The SMILES string of the molecule is CN1CCN(Cc2cc(=O)c3cc(F)ccc3[nH]2)[C@@H](c2ccccc2)C1. The van der Waals surface area contributed by atoms with Crippen LogP contribution in [0.2, 0.25) is 0 Å². The Labute approximate surface area is 151 Å². The third-order valence-corrected chi connectivity index (χ3v) is 5.10. The van der Waals surface area contributed by atoms with Gasteiger partial charge in [0, 0.05) is 54.9 Å². The second kappa shape index (κ2) is 7.02. The van der Waals surface area contributed by atoms with Crippen molar-refractivity contribution in [3.63, 3.8) is 0 Å². The van der Waals surface area contributed by atoms with Gasteiger partial charge < -0.3 is 9.88 Å². The Morgan fingerprint density at radius 1 is 1.12 bits per heavy atom. The molecule has 3 aromatic rings. The van der Waals surface area contributed by atoms with Crippen LogP contribution in [0.3, 0.4) is 0 Å². The zero-order valence-electron chi connectivity index (χ0n) is 14.8. The summed E-state index contributed by atoms with van der Waals surface area (Å²) in [6, 6.07) is 16.7. The van der Waals surface area contributed by atoms with Crippen LogP contribution in [0.25, 0.3) is 10.9 Å². The maximum atomic E-state index is 13.4. The van der Waals surface area contributed by atoms with Gasteiger partial charge in [0.15, 0.2) is 5.43 Å². The topological polar surface area (TPSA) is 39.3 Å². The number of halogens is 1. The van der Waals surface area contributed by atoms with Gasteiger partial charge in [0.1, 0.15) is 5.82 Å². The molecule has 26 heavy (non-hydrogen) atoms. The molecule has 0 unspecified atom stereocenters. The van der Waals surface area contributed by atoms with Crippen LogP contribution in [0.1, 0.15) is 17.3 Å². The van der Waals surface area contributed by atoms with E-state index in [0.29, 0.717) is 17.4 Å². The average Bonchev–Trinajstić information content (AvgIpc) is 2.65. The van der Waals surface area contributed by atoms with Crippen LogP contribution in [-0.2, 0) is 6.54 Å². The summed E-state index contributed by atoms with van der Waals surface area (Å²) < 4.78 is 13.4. The molecule has 4 nitrogen and oxygen atoms in total. The van der Waals surface area contributed by atoms with Crippen molar-refractivity contribution in [3.8, 4) is 0 Å².